The molecular formula is C29H41N3O4. The van der Waals surface area contributed by atoms with Gasteiger partial charge in [0, 0.05) is 19.1 Å². The Bertz CT molecular complexity index is 1090. The van der Waals surface area contributed by atoms with E-state index in [1.807, 2.05) is 87.0 Å². The zero-order valence-corrected chi connectivity index (χ0v) is 22.7. The van der Waals surface area contributed by atoms with E-state index in [-0.39, 0.29) is 18.2 Å². The molecule has 7 heteroatoms. The number of ether oxygens (including phenoxy) is 3. The number of rotatable bonds is 12. The van der Waals surface area contributed by atoms with Crippen LogP contribution in [0.15, 0.2) is 54.6 Å². The highest BCUT2D eigenvalue weighted by molar-refractivity contribution is 5.47. The van der Waals surface area contributed by atoms with E-state index in [9.17, 15) is 5.11 Å². The third kappa shape index (κ3) is 7.32. The van der Waals surface area contributed by atoms with Gasteiger partial charge in [-0.3, -0.25) is 4.90 Å². The summed E-state index contributed by atoms with van der Waals surface area (Å²) >= 11 is 0. The summed E-state index contributed by atoms with van der Waals surface area (Å²) in [7, 11) is 1.63. The number of aromatic nitrogens is 2. The smallest absolute Gasteiger partial charge is 0.227 e. The topological polar surface area (TPSA) is 69.0 Å². The molecule has 196 valence electrons. The van der Waals surface area contributed by atoms with Crippen molar-refractivity contribution in [3.63, 3.8) is 0 Å². The molecule has 0 aliphatic heterocycles. The third-order valence-corrected chi connectivity index (χ3v) is 6.14. The Morgan fingerprint density at radius 2 is 1.67 bits per heavy atom. The lowest BCUT2D eigenvalue weighted by Gasteiger charge is -2.31. The first-order chi connectivity index (χ1) is 17.1. The van der Waals surface area contributed by atoms with E-state index in [2.05, 4.69) is 18.7 Å². The van der Waals surface area contributed by atoms with Crippen LogP contribution < -0.4 is 9.47 Å². The molecule has 0 spiro atoms. The quantitative estimate of drug-likeness (QED) is 0.345. The van der Waals surface area contributed by atoms with Crippen LogP contribution in [0.25, 0.3) is 5.69 Å². The molecule has 0 aliphatic rings. The van der Waals surface area contributed by atoms with Crippen LogP contribution in [0.3, 0.4) is 0 Å². The lowest BCUT2D eigenvalue weighted by Crippen LogP contribution is -2.41. The predicted octanol–water partition coefficient (Wildman–Crippen LogP) is 5.76. The fraction of sp³-hybridized carbons (Fsp3) is 0.483. The van der Waals surface area contributed by atoms with E-state index >= 15 is 0 Å². The number of hydrogen-bond donors (Lipinski definition) is 1. The maximum atomic E-state index is 10.8. The van der Waals surface area contributed by atoms with Crippen LogP contribution in [0.1, 0.15) is 52.3 Å². The zero-order chi connectivity index (χ0) is 26.3. The lowest BCUT2D eigenvalue weighted by molar-refractivity contribution is -0.0593. The SMILES string of the molecule is CC[C@@H](C)N(Cc1c(C)nn(-c2ccccc2)c1Oc1ccccc1OC)C[C@@H](O)COC(C)(C)C. The van der Waals surface area contributed by atoms with Crippen molar-refractivity contribution in [2.75, 3.05) is 20.3 Å². The predicted molar refractivity (Wildman–Crippen MR) is 143 cm³/mol. The number of para-hydroxylation sites is 3. The molecule has 3 rings (SSSR count). The lowest BCUT2D eigenvalue weighted by atomic mass is 10.1. The molecule has 0 fully saturated rings. The van der Waals surface area contributed by atoms with Crippen molar-refractivity contribution in [3.8, 4) is 23.1 Å². The van der Waals surface area contributed by atoms with Crippen molar-refractivity contribution in [1.82, 2.24) is 14.7 Å². The van der Waals surface area contributed by atoms with Crippen LogP contribution in [0.4, 0.5) is 0 Å². The molecule has 0 aliphatic carbocycles. The normalized spacial score (nSPS) is 13.6. The molecule has 0 radical (unpaired) electrons. The highest BCUT2D eigenvalue weighted by atomic mass is 16.5. The molecule has 1 N–H and O–H groups in total. The van der Waals surface area contributed by atoms with Crippen molar-refractivity contribution >= 4 is 0 Å². The Kier molecular flexibility index (Phi) is 9.54. The summed E-state index contributed by atoms with van der Waals surface area (Å²) < 4.78 is 19.7. The van der Waals surface area contributed by atoms with E-state index in [1.165, 1.54) is 0 Å². The second-order valence-electron chi connectivity index (χ2n) is 10.1. The van der Waals surface area contributed by atoms with E-state index in [4.69, 9.17) is 19.3 Å². The summed E-state index contributed by atoms with van der Waals surface area (Å²) in [5.41, 5.74) is 2.45. The number of benzene rings is 2. The van der Waals surface area contributed by atoms with Gasteiger partial charge >= 0.3 is 0 Å². The summed E-state index contributed by atoms with van der Waals surface area (Å²) in [5, 5.41) is 15.7. The Morgan fingerprint density at radius 1 is 1.03 bits per heavy atom. The number of methoxy groups -OCH3 is 1. The van der Waals surface area contributed by atoms with Gasteiger partial charge in [-0.05, 0) is 65.3 Å². The maximum absolute atomic E-state index is 10.8. The minimum absolute atomic E-state index is 0.243. The first-order valence-electron chi connectivity index (χ1n) is 12.6. The van der Waals surface area contributed by atoms with Crippen LogP contribution in [0, 0.1) is 6.92 Å². The molecule has 1 aromatic heterocycles. The second-order valence-corrected chi connectivity index (χ2v) is 10.1. The van der Waals surface area contributed by atoms with Gasteiger partial charge in [0.25, 0.3) is 0 Å². The average molecular weight is 496 g/mol. The molecule has 0 bridgehead atoms. The summed E-state index contributed by atoms with van der Waals surface area (Å²) in [6, 6.07) is 17.8. The van der Waals surface area contributed by atoms with Crippen molar-refractivity contribution in [1.29, 1.82) is 0 Å². The Morgan fingerprint density at radius 3 is 2.28 bits per heavy atom. The highest BCUT2D eigenvalue weighted by Crippen LogP contribution is 2.36. The van der Waals surface area contributed by atoms with Crippen LogP contribution >= 0.6 is 0 Å². The van der Waals surface area contributed by atoms with E-state index in [0.29, 0.717) is 30.5 Å². The van der Waals surface area contributed by atoms with Gasteiger partial charge in [-0.25, -0.2) is 4.68 Å². The van der Waals surface area contributed by atoms with Crippen LogP contribution in [-0.4, -0.2) is 57.8 Å². The van der Waals surface area contributed by atoms with Gasteiger partial charge in [-0.2, -0.15) is 5.10 Å². The largest absolute Gasteiger partial charge is 0.493 e. The first-order valence-corrected chi connectivity index (χ1v) is 12.6. The van der Waals surface area contributed by atoms with E-state index < -0.39 is 6.10 Å². The van der Waals surface area contributed by atoms with Gasteiger partial charge < -0.3 is 19.3 Å². The standard InChI is InChI=1S/C29H41N3O4/c1-8-21(2)31(18-24(33)20-35-29(4,5)6)19-25-22(3)30-32(23-14-10-9-11-15-23)28(25)36-27-17-13-12-16-26(27)34-7/h9-17,21,24,33H,8,18-20H2,1-7H3/t21-,24-/m1/s1. The van der Waals surface area contributed by atoms with Gasteiger partial charge in [-0.1, -0.05) is 37.3 Å². The summed E-state index contributed by atoms with van der Waals surface area (Å²) in [6.45, 7) is 13.6. The fourth-order valence-corrected chi connectivity index (χ4v) is 3.91. The second kappa shape index (κ2) is 12.4. The van der Waals surface area contributed by atoms with Crippen molar-refractivity contribution < 1.29 is 19.3 Å². The number of aliphatic hydroxyl groups is 1. The summed E-state index contributed by atoms with van der Waals surface area (Å²) in [5.74, 6) is 1.90. The monoisotopic (exact) mass is 495 g/mol. The van der Waals surface area contributed by atoms with Crippen LogP contribution in [0.5, 0.6) is 17.4 Å². The maximum Gasteiger partial charge on any atom is 0.227 e. The first kappa shape index (κ1) is 27.7. The molecule has 1 heterocycles. The van der Waals surface area contributed by atoms with Gasteiger partial charge in [0.05, 0.1) is 42.4 Å². The van der Waals surface area contributed by atoms with Crippen molar-refractivity contribution in [3.05, 3.63) is 65.9 Å². The highest BCUT2D eigenvalue weighted by Gasteiger charge is 2.26. The molecule has 2 atom stereocenters. The Balaban J connectivity index is 1.98. The Hall–Kier alpha value is -2.87. The van der Waals surface area contributed by atoms with Gasteiger partial charge in [0.15, 0.2) is 11.5 Å². The molecule has 0 amide bonds. The van der Waals surface area contributed by atoms with E-state index in [1.54, 1.807) is 7.11 Å². The third-order valence-electron chi connectivity index (χ3n) is 6.14. The minimum Gasteiger partial charge on any atom is -0.493 e. The Labute approximate surface area is 215 Å². The fourth-order valence-electron chi connectivity index (χ4n) is 3.91. The summed E-state index contributed by atoms with van der Waals surface area (Å²) in [6.07, 6.45) is 0.336. The minimum atomic E-state index is -0.610. The van der Waals surface area contributed by atoms with Crippen molar-refractivity contribution in [2.45, 2.75) is 72.3 Å². The van der Waals surface area contributed by atoms with Crippen molar-refractivity contribution in [2.24, 2.45) is 0 Å². The molecule has 3 aromatic rings. The average Bonchev–Trinajstić information content (AvgIpc) is 3.17. The number of aryl methyl sites for hydroxylation is 1. The zero-order valence-electron chi connectivity index (χ0n) is 22.7. The number of aliphatic hydroxyl groups excluding tert-OH is 1. The van der Waals surface area contributed by atoms with Crippen LogP contribution in [-0.2, 0) is 11.3 Å². The molecule has 36 heavy (non-hydrogen) atoms. The number of nitrogens with zero attached hydrogens (tertiary/aromatic N) is 3. The molecule has 0 unspecified atom stereocenters. The molecular weight excluding hydrogens is 454 g/mol. The molecule has 0 saturated heterocycles. The van der Waals surface area contributed by atoms with Crippen LogP contribution in [0.2, 0.25) is 0 Å². The number of hydrogen-bond acceptors (Lipinski definition) is 6. The molecule has 0 saturated carbocycles. The summed E-state index contributed by atoms with van der Waals surface area (Å²) in [4.78, 5) is 2.27. The van der Waals surface area contributed by atoms with E-state index in [0.717, 1.165) is 23.4 Å². The molecule has 2 aromatic carbocycles. The van der Waals surface area contributed by atoms with Gasteiger partial charge in [0.2, 0.25) is 5.88 Å². The van der Waals surface area contributed by atoms with Gasteiger partial charge in [0.1, 0.15) is 0 Å². The van der Waals surface area contributed by atoms with Gasteiger partial charge in [-0.15, -0.1) is 0 Å². The molecule has 7 nitrogen and oxygen atoms in total.